The minimum absolute atomic E-state index is 0.272. The minimum atomic E-state index is -0.272. The number of thiazole rings is 1. The maximum Gasteiger partial charge on any atom is 0.269 e. The number of amides is 1. The molecule has 3 heterocycles. The summed E-state index contributed by atoms with van der Waals surface area (Å²) in [5.41, 5.74) is 9.37. The fraction of sp³-hybridized carbons (Fsp3) is 0.227. The third-order valence-corrected chi connectivity index (χ3v) is 6.62. The molecule has 6 nitrogen and oxygen atoms in total. The number of nitrogens with zero attached hydrogens (tertiary/aromatic N) is 2. The fourth-order valence-electron chi connectivity index (χ4n) is 3.17. The number of benzene rings is 1. The molecule has 154 valence electrons. The predicted molar refractivity (Wildman–Crippen MR) is 125 cm³/mol. The van der Waals surface area contributed by atoms with Crippen LogP contribution in [0.1, 0.15) is 35.1 Å². The number of pyridine rings is 1. The van der Waals surface area contributed by atoms with Crippen molar-refractivity contribution in [3.63, 3.8) is 0 Å². The van der Waals surface area contributed by atoms with Crippen LogP contribution in [0.15, 0.2) is 41.8 Å². The highest BCUT2D eigenvalue weighted by Crippen LogP contribution is 2.35. The van der Waals surface area contributed by atoms with Crippen LogP contribution in [0, 0.1) is 0 Å². The molecule has 0 unspecified atom stereocenters. The highest BCUT2D eigenvalue weighted by molar-refractivity contribution is 7.21. The van der Waals surface area contributed by atoms with Crippen molar-refractivity contribution in [1.29, 1.82) is 0 Å². The highest BCUT2D eigenvalue weighted by atomic mass is 32.1. The quantitative estimate of drug-likeness (QED) is 0.392. The first-order valence-electron chi connectivity index (χ1n) is 9.69. The molecule has 0 saturated carbocycles. The molecule has 4 aromatic rings. The second-order valence-electron chi connectivity index (χ2n) is 6.80. The lowest BCUT2D eigenvalue weighted by Gasteiger charge is -2.05. The minimum Gasteiger partial charge on any atom is -0.496 e. The molecule has 0 radical (unpaired) electrons. The van der Waals surface area contributed by atoms with Gasteiger partial charge in [0.05, 0.1) is 18.5 Å². The summed E-state index contributed by atoms with van der Waals surface area (Å²) in [4.78, 5) is 23.3. The number of methoxy groups -OCH3 is 1. The standard InChI is InChI=1S/C22H22N4O2S2/c1-3-4-7-13-10-11-15-18(23)19(30-21(15)24-13)20(27)26-22-25-16(12-29-22)14-8-5-6-9-17(14)28-2/h5-6,8-12H,3-4,7,23H2,1-2H3,(H,25,26,27). The molecule has 0 spiro atoms. The van der Waals surface area contributed by atoms with Gasteiger partial charge >= 0.3 is 0 Å². The number of nitrogens with one attached hydrogen (secondary N) is 1. The van der Waals surface area contributed by atoms with Crippen LogP contribution in [-0.2, 0) is 6.42 Å². The third-order valence-electron chi connectivity index (χ3n) is 4.75. The first kappa shape index (κ1) is 20.3. The average Bonchev–Trinajstić information content (AvgIpc) is 3.36. The monoisotopic (exact) mass is 438 g/mol. The van der Waals surface area contributed by atoms with E-state index >= 15 is 0 Å². The van der Waals surface area contributed by atoms with Crippen molar-refractivity contribution in [1.82, 2.24) is 9.97 Å². The van der Waals surface area contributed by atoms with Gasteiger partial charge in [0.1, 0.15) is 15.5 Å². The Bertz CT molecular complexity index is 1200. The number of para-hydroxylation sites is 1. The zero-order valence-corrected chi connectivity index (χ0v) is 18.4. The summed E-state index contributed by atoms with van der Waals surface area (Å²) in [6, 6.07) is 11.6. The van der Waals surface area contributed by atoms with E-state index in [2.05, 4.69) is 22.2 Å². The van der Waals surface area contributed by atoms with Crippen LogP contribution in [0.5, 0.6) is 5.75 Å². The van der Waals surface area contributed by atoms with Gasteiger partial charge in [-0.05, 0) is 37.1 Å². The number of hydrogen-bond acceptors (Lipinski definition) is 7. The Balaban J connectivity index is 1.56. The number of anilines is 2. The van der Waals surface area contributed by atoms with Gasteiger partial charge in [0, 0.05) is 22.0 Å². The predicted octanol–water partition coefficient (Wildman–Crippen LogP) is 5.61. The number of carbonyl (C=O) groups excluding carboxylic acids is 1. The molecular formula is C22H22N4O2S2. The number of carbonyl (C=O) groups is 1. The topological polar surface area (TPSA) is 90.1 Å². The Kier molecular flexibility index (Phi) is 5.96. The lowest BCUT2D eigenvalue weighted by Crippen LogP contribution is -2.11. The number of aryl methyl sites for hydroxylation is 1. The molecule has 0 saturated heterocycles. The van der Waals surface area contributed by atoms with Gasteiger partial charge in [-0.25, -0.2) is 9.97 Å². The normalized spacial score (nSPS) is 11.0. The number of nitrogen functional groups attached to an aromatic ring is 1. The Morgan fingerprint density at radius 3 is 2.83 bits per heavy atom. The first-order valence-corrected chi connectivity index (χ1v) is 11.4. The van der Waals surface area contributed by atoms with E-state index in [1.807, 2.05) is 41.8 Å². The molecule has 0 fully saturated rings. The summed E-state index contributed by atoms with van der Waals surface area (Å²) in [6.45, 7) is 2.15. The fourth-order valence-corrected chi connectivity index (χ4v) is 4.88. The number of aromatic nitrogens is 2. The maximum absolute atomic E-state index is 12.9. The molecule has 30 heavy (non-hydrogen) atoms. The van der Waals surface area contributed by atoms with Crippen LogP contribution >= 0.6 is 22.7 Å². The molecule has 4 rings (SSSR count). The molecule has 0 atom stereocenters. The van der Waals surface area contributed by atoms with Crippen molar-refractivity contribution in [3.05, 3.63) is 52.3 Å². The molecule has 1 amide bonds. The van der Waals surface area contributed by atoms with Gasteiger partial charge in [0.2, 0.25) is 0 Å². The van der Waals surface area contributed by atoms with Crippen LogP contribution in [0.3, 0.4) is 0 Å². The van der Waals surface area contributed by atoms with Gasteiger partial charge in [0.25, 0.3) is 5.91 Å². The molecule has 0 aliphatic carbocycles. The van der Waals surface area contributed by atoms with Crippen LogP contribution in [0.2, 0.25) is 0 Å². The van der Waals surface area contributed by atoms with Crippen molar-refractivity contribution in [2.75, 3.05) is 18.2 Å². The van der Waals surface area contributed by atoms with Gasteiger partial charge in [-0.15, -0.1) is 22.7 Å². The maximum atomic E-state index is 12.9. The summed E-state index contributed by atoms with van der Waals surface area (Å²) >= 11 is 2.68. The lowest BCUT2D eigenvalue weighted by molar-refractivity contribution is 0.103. The molecule has 3 N–H and O–H groups in total. The molecular weight excluding hydrogens is 416 g/mol. The number of rotatable bonds is 7. The van der Waals surface area contributed by atoms with E-state index in [1.165, 1.54) is 22.7 Å². The second-order valence-corrected chi connectivity index (χ2v) is 8.65. The van der Waals surface area contributed by atoms with Gasteiger partial charge in [-0.2, -0.15) is 0 Å². The number of hydrogen-bond donors (Lipinski definition) is 2. The summed E-state index contributed by atoms with van der Waals surface area (Å²) in [7, 11) is 1.62. The lowest BCUT2D eigenvalue weighted by atomic mass is 10.1. The Morgan fingerprint density at radius 1 is 1.20 bits per heavy atom. The Labute approximate surface area is 182 Å². The number of ether oxygens (including phenoxy) is 1. The van der Waals surface area contributed by atoms with E-state index in [0.29, 0.717) is 15.7 Å². The summed E-state index contributed by atoms with van der Waals surface area (Å²) in [5, 5.41) is 6.09. The largest absolute Gasteiger partial charge is 0.496 e. The molecule has 0 aliphatic rings. The highest BCUT2D eigenvalue weighted by Gasteiger charge is 2.19. The smallest absolute Gasteiger partial charge is 0.269 e. The molecule has 0 bridgehead atoms. The van der Waals surface area contributed by atoms with E-state index in [-0.39, 0.29) is 5.91 Å². The van der Waals surface area contributed by atoms with E-state index in [0.717, 1.165) is 52.2 Å². The van der Waals surface area contributed by atoms with Crippen LogP contribution < -0.4 is 15.8 Å². The number of fused-ring (bicyclic) bond motifs is 1. The van der Waals surface area contributed by atoms with E-state index in [1.54, 1.807) is 7.11 Å². The van der Waals surface area contributed by atoms with Gasteiger partial charge in [-0.1, -0.05) is 25.5 Å². The Hall–Kier alpha value is -2.97. The second kappa shape index (κ2) is 8.81. The first-order chi connectivity index (χ1) is 14.6. The van der Waals surface area contributed by atoms with Gasteiger partial charge in [-0.3, -0.25) is 10.1 Å². The van der Waals surface area contributed by atoms with Crippen molar-refractivity contribution in [2.24, 2.45) is 0 Å². The van der Waals surface area contributed by atoms with Crippen molar-refractivity contribution in [3.8, 4) is 17.0 Å². The average molecular weight is 439 g/mol. The van der Waals surface area contributed by atoms with Crippen LogP contribution in [0.25, 0.3) is 21.5 Å². The molecule has 1 aromatic carbocycles. The van der Waals surface area contributed by atoms with Crippen LogP contribution in [-0.4, -0.2) is 23.0 Å². The molecule has 0 aliphatic heterocycles. The zero-order valence-electron chi connectivity index (χ0n) is 16.8. The Morgan fingerprint density at radius 2 is 2.03 bits per heavy atom. The summed E-state index contributed by atoms with van der Waals surface area (Å²) < 4.78 is 5.40. The number of unbranched alkanes of at least 4 members (excludes halogenated alkanes) is 1. The summed E-state index contributed by atoms with van der Waals surface area (Å²) in [6.07, 6.45) is 3.13. The molecule has 8 heteroatoms. The number of nitrogens with two attached hydrogens (primary N) is 1. The summed E-state index contributed by atoms with van der Waals surface area (Å²) in [5.74, 6) is 0.464. The van der Waals surface area contributed by atoms with E-state index < -0.39 is 0 Å². The van der Waals surface area contributed by atoms with Gasteiger partial charge in [0.15, 0.2) is 5.13 Å². The van der Waals surface area contributed by atoms with Crippen molar-refractivity contribution >= 4 is 49.6 Å². The van der Waals surface area contributed by atoms with Crippen LogP contribution in [0.4, 0.5) is 10.8 Å². The zero-order chi connectivity index (χ0) is 21.1. The van der Waals surface area contributed by atoms with Crippen molar-refractivity contribution < 1.29 is 9.53 Å². The van der Waals surface area contributed by atoms with Gasteiger partial charge < -0.3 is 10.5 Å². The van der Waals surface area contributed by atoms with E-state index in [9.17, 15) is 4.79 Å². The van der Waals surface area contributed by atoms with Crippen molar-refractivity contribution in [2.45, 2.75) is 26.2 Å². The molecule has 3 aromatic heterocycles. The third kappa shape index (κ3) is 4.01. The van der Waals surface area contributed by atoms with E-state index in [4.69, 9.17) is 10.5 Å². The number of thiophene rings is 1. The SMILES string of the molecule is CCCCc1ccc2c(N)c(C(=O)Nc3nc(-c4ccccc4OC)cs3)sc2n1.